The molecule has 0 saturated heterocycles. The van der Waals surface area contributed by atoms with Gasteiger partial charge in [-0.2, -0.15) is 0 Å². The number of rotatable bonds is 1. The minimum absolute atomic E-state index is 0.331. The van der Waals surface area contributed by atoms with Crippen molar-refractivity contribution in [1.29, 1.82) is 0 Å². The third kappa shape index (κ3) is 1.74. The maximum atomic E-state index is 5.92. The standard InChI is InChI=1S/C11H13BrN4/c12-7-4-9-11(14-5-7)16-10(15-9)6-1-2-8(13)3-6/h4-6,8H,1-3,13H2,(H,14,15,16). The van der Waals surface area contributed by atoms with Gasteiger partial charge >= 0.3 is 0 Å². The molecule has 0 aromatic carbocycles. The summed E-state index contributed by atoms with van der Waals surface area (Å²) in [6, 6.07) is 2.34. The van der Waals surface area contributed by atoms with Gasteiger partial charge in [0.25, 0.3) is 0 Å². The second-order valence-electron chi connectivity index (χ2n) is 4.42. The molecule has 3 rings (SSSR count). The summed E-state index contributed by atoms with van der Waals surface area (Å²) < 4.78 is 0.971. The largest absolute Gasteiger partial charge is 0.340 e. The third-order valence-electron chi connectivity index (χ3n) is 3.18. The van der Waals surface area contributed by atoms with Crippen LogP contribution in [0.3, 0.4) is 0 Å². The predicted octanol–water partition coefficient (Wildman–Crippen LogP) is 2.32. The average Bonchev–Trinajstić information content (AvgIpc) is 2.83. The van der Waals surface area contributed by atoms with Crippen molar-refractivity contribution in [3.63, 3.8) is 0 Å². The highest BCUT2D eigenvalue weighted by Gasteiger charge is 2.25. The summed E-state index contributed by atoms with van der Waals surface area (Å²) in [6.07, 6.45) is 5.02. The van der Waals surface area contributed by atoms with Crippen LogP contribution in [0.25, 0.3) is 11.2 Å². The van der Waals surface area contributed by atoms with Crippen LogP contribution in [-0.2, 0) is 0 Å². The fourth-order valence-corrected chi connectivity index (χ4v) is 2.68. The van der Waals surface area contributed by atoms with Crippen LogP contribution in [-0.4, -0.2) is 21.0 Å². The van der Waals surface area contributed by atoms with E-state index in [9.17, 15) is 0 Å². The fraction of sp³-hybridized carbons (Fsp3) is 0.455. The maximum absolute atomic E-state index is 5.92. The molecule has 0 amide bonds. The number of halogens is 1. The zero-order chi connectivity index (χ0) is 11.1. The molecule has 5 heteroatoms. The topological polar surface area (TPSA) is 67.6 Å². The van der Waals surface area contributed by atoms with Gasteiger partial charge in [0, 0.05) is 22.6 Å². The van der Waals surface area contributed by atoms with E-state index in [4.69, 9.17) is 5.73 Å². The Kier molecular flexibility index (Phi) is 2.44. The summed E-state index contributed by atoms with van der Waals surface area (Å²) in [4.78, 5) is 12.1. The molecular formula is C11H13BrN4. The van der Waals surface area contributed by atoms with Crippen LogP contribution in [0, 0.1) is 0 Å². The van der Waals surface area contributed by atoms with E-state index in [-0.39, 0.29) is 0 Å². The van der Waals surface area contributed by atoms with E-state index in [1.54, 1.807) is 6.20 Å². The number of hydrogen-bond donors (Lipinski definition) is 2. The Balaban J connectivity index is 1.99. The van der Waals surface area contributed by atoms with Crippen LogP contribution in [0.5, 0.6) is 0 Å². The molecule has 2 aromatic rings. The van der Waals surface area contributed by atoms with Crippen molar-refractivity contribution < 1.29 is 0 Å². The lowest BCUT2D eigenvalue weighted by Gasteiger charge is -2.04. The van der Waals surface area contributed by atoms with Crippen molar-refractivity contribution in [1.82, 2.24) is 15.0 Å². The number of hydrogen-bond acceptors (Lipinski definition) is 3. The van der Waals surface area contributed by atoms with Gasteiger partial charge in [0.1, 0.15) is 5.82 Å². The van der Waals surface area contributed by atoms with E-state index in [1.165, 1.54) is 0 Å². The lowest BCUT2D eigenvalue weighted by Crippen LogP contribution is -2.14. The first kappa shape index (κ1) is 10.2. The summed E-state index contributed by atoms with van der Waals surface area (Å²) in [5, 5.41) is 0. The van der Waals surface area contributed by atoms with Gasteiger partial charge in [-0.3, -0.25) is 0 Å². The summed E-state index contributed by atoms with van der Waals surface area (Å²) in [6.45, 7) is 0. The van der Waals surface area contributed by atoms with Crippen LogP contribution >= 0.6 is 15.9 Å². The molecule has 2 atom stereocenters. The molecule has 0 aliphatic heterocycles. The van der Waals surface area contributed by atoms with Gasteiger partial charge in [-0.15, -0.1) is 0 Å². The minimum Gasteiger partial charge on any atom is -0.340 e. The first-order valence-corrected chi connectivity index (χ1v) is 6.28. The number of aromatic amines is 1. The Bertz CT molecular complexity index is 522. The highest BCUT2D eigenvalue weighted by Crippen LogP contribution is 2.32. The minimum atomic E-state index is 0.331. The number of pyridine rings is 1. The molecule has 84 valence electrons. The van der Waals surface area contributed by atoms with Crippen LogP contribution in [0.15, 0.2) is 16.7 Å². The third-order valence-corrected chi connectivity index (χ3v) is 3.62. The van der Waals surface area contributed by atoms with E-state index < -0.39 is 0 Å². The number of aromatic nitrogens is 3. The second kappa shape index (κ2) is 3.82. The molecule has 2 heterocycles. The van der Waals surface area contributed by atoms with Crippen molar-refractivity contribution in [2.24, 2.45) is 5.73 Å². The van der Waals surface area contributed by atoms with Crippen LogP contribution in [0.4, 0.5) is 0 Å². The monoisotopic (exact) mass is 280 g/mol. The van der Waals surface area contributed by atoms with Crippen LogP contribution in [0.1, 0.15) is 31.0 Å². The number of imidazole rings is 1. The SMILES string of the molecule is NC1CCC(c2nc3ncc(Br)cc3[nH]2)C1. The molecule has 3 N–H and O–H groups in total. The lowest BCUT2D eigenvalue weighted by atomic mass is 10.1. The first-order valence-electron chi connectivity index (χ1n) is 5.49. The van der Waals surface area contributed by atoms with Crippen molar-refractivity contribution in [2.45, 2.75) is 31.2 Å². The van der Waals surface area contributed by atoms with Gasteiger partial charge in [-0.25, -0.2) is 9.97 Å². The number of nitrogens with two attached hydrogens (primary N) is 1. The number of nitrogens with one attached hydrogen (secondary N) is 1. The Hall–Kier alpha value is -0.940. The molecule has 0 spiro atoms. The quantitative estimate of drug-likeness (QED) is 0.842. The number of nitrogens with zero attached hydrogens (tertiary/aromatic N) is 2. The predicted molar refractivity (Wildman–Crippen MR) is 66.2 cm³/mol. The summed E-state index contributed by atoms with van der Waals surface area (Å²) in [7, 11) is 0. The lowest BCUT2D eigenvalue weighted by molar-refractivity contribution is 0.651. The Morgan fingerprint density at radius 1 is 1.44 bits per heavy atom. The molecular weight excluding hydrogens is 268 g/mol. The summed E-state index contributed by atoms with van der Waals surface area (Å²) in [5.41, 5.74) is 7.70. The Morgan fingerprint density at radius 3 is 3.06 bits per heavy atom. The summed E-state index contributed by atoms with van der Waals surface area (Å²) >= 11 is 3.40. The van der Waals surface area contributed by atoms with Gasteiger partial charge in [-0.1, -0.05) is 0 Å². The van der Waals surface area contributed by atoms with E-state index in [0.717, 1.165) is 40.7 Å². The van der Waals surface area contributed by atoms with Crippen molar-refractivity contribution in [2.75, 3.05) is 0 Å². The fourth-order valence-electron chi connectivity index (χ4n) is 2.35. The van der Waals surface area contributed by atoms with Crippen molar-refractivity contribution in [3.8, 4) is 0 Å². The van der Waals surface area contributed by atoms with Crippen molar-refractivity contribution >= 4 is 27.1 Å². The summed E-state index contributed by atoms with van der Waals surface area (Å²) in [5.74, 6) is 1.51. The molecule has 0 bridgehead atoms. The Labute approximate surface area is 102 Å². The molecule has 2 aromatic heterocycles. The number of fused-ring (bicyclic) bond motifs is 1. The molecule has 1 fully saturated rings. The van der Waals surface area contributed by atoms with E-state index in [2.05, 4.69) is 30.9 Å². The van der Waals surface area contributed by atoms with Gasteiger partial charge in [-0.05, 0) is 41.3 Å². The van der Waals surface area contributed by atoms with Crippen LogP contribution in [0.2, 0.25) is 0 Å². The number of H-pyrrole nitrogens is 1. The highest BCUT2D eigenvalue weighted by molar-refractivity contribution is 9.10. The molecule has 4 nitrogen and oxygen atoms in total. The van der Waals surface area contributed by atoms with Gasteiger partial charge < -0.3 is 10.7 Å². The van der Waals surface area contributed by atoms with Gasteiger partial charge in [0.05, 0.1) is 5.52 Å². The van der Waals surface area contributed by atoms with Gasteiger partial charge in [0.15, 0.2) is 5.65 Å². The van der Waals surface area contributed by atoms with E-state index >= 15 is 0 Å². The molecule has 0 radical (unpaired) electrons. The first-order chi connectivity index (χ1) is 7.72. The van der Waals surface area contributed by atoms with Crippen molar-refractivity contribution in [3.05, 3.63) is 22.6 Å². The van der Waals surface area contributed by atoms with E-state index in [0.29, 0.717) is 12.0 Å². The van der Waals surface area contributed by atoms with E-state index in [1.807, 2.05) is 6.07 Å². The Morgan fingerprint density at radius 2 is 2.31 bits per heavy atom. The normalized spacial score (nSPS) is 25.4. The van der Waals surface area contributed by atoms with Crippen LogP contribution < -0.4 is 5.73 Å². The smallest absolute Gasteiger partial charge is 0.177 e. The zero-order valence-electron chi connectivity index (χ0n) is 8.78. The molecule has 1 aliphatic rings. The second-order valence-corrected chi connectivity index (χ2v) is 5.33. The highest BCUT2D eigenvalue weighted by atomic mass is 79.9. The maximum Gasteiger partial charge on any atom is 0.177 e. The molecule has 2 unspecified atom stereocenters. The molecule has 16 heavy (non-hydrogen) atoms. The molecule has 1 aliphatic carbocycles. The molecule has 1 saturated carbocycles. The average molecular weight is 281 g/mol. The van der Waals surface area contributed by atoms with Gasteiger partial charge in [0.2, 0.25) is 0 Å². The zero-order valence-corrected chi connectivity index (χ0v) is 10.4.